The summed E-state index contributed by atoms with van der Waals surface area (Å²) in [6.07, 6.45) is 0. The highest BCUT2D eigenvalue weighted by Crippen LogP contribution is 2.46. The van der Waals surface area contributed by atoms with Crippen molar-refractivity contribution in [3.63, 3.8) is 0 Å². The molecule has 0 saturated heterocycles. The van der Waals surface area contributed by atoms with Crippen LogP contribution in [0.15, 0.2) is 42.2 Å². The molecule has 0 spiro atoms. The Kier molecular flexibility index (Phi) is 4.64. The molecule has 0 radical (unpaired) electrons. The molecule has 2 aromatic carbocycles. The largest absolute Gasteiger partial charge is 0.268 e. The van der Waals surface area contributed by atoms with Gasteiger partial charge in [0.1, 0.15) is 4.99 Å². The van der Waals surface area contributed by atoms with Crippen LogP contribution in [0.25, 0.3) is 0 Å². The van der Waals surface area contributed by atoms with Crippen LogP contribution in [0.1, 0.15) is 21.5 Å². The summed E-state index contributed by atoms with van der Waals surface area (Å²) >= 11 is 19.6. The van der Waals surface area contributed by atoms with Gasteiger partial charge in [0.05, 0.1) is 11.3 Å². The van der Waals surface area contributed by atoms with Crippen LogP contribution >= 0.6 is 75.9 Å². The van der Waals surface area contributed by atoms with E-state index in [1.54, 1.807) is 4.90 Å². The monoisotopic (exact) mass is 565 g/mol. The predicted octanol–water partition coefficient (Wildman–Crippen LogP) is 6.38. The van der Waals surface area contributed by atoms with E-state index < -0.39 is 0 Å². The summed E-state index contributed by atoms with van der Waals surface area (Å²) in [5, 5.41) is 0. The lowest BCUT2D eigenvalue weighted by Crippen LogP contribution is -2.28. The standard InChI is InChI=1S/C15H7Br4NOS/c1-6-2-4-7(5-3-6)20-14(21)8-9(15(20)22)11(17)13(19)12(18)10(8)16/h2-5H,1H3. The molecule has 0 atom stereocenters. The number of fused-ring (bicyclic) bond motifs is 1. The van der Waals surface area contributed by atoms with Gasteiger partial charge >= 0.3 is 0 Å². The third kappa shape index (κ3) is 2.45. The summed E-state index contributed by atoms with van der Waals surface area (Å²) in [5.74, 6) is -0.135. The van der Waals surface area contributed by atoms with Crippen molar-refractivity contribution in [1.29, 1.82) is 0 Å². The first-order valence-electron chi connectivity index (χ1n) is 6.16. The zero-order chi connectivity index (χ0) is 16.2. The van der Waals surface area contributed by atoms with Crippen LogP contribution in [0.3, 0.4) is 0 Å². The maximum absolute atomic E-state index is 12.9. The summed E-state index contributed by atoms with van der Waals surface area (Å²) in [5.41, 5.74) is 3.18. The molecule has 3 rings (SSSR count). The minimum Gasteiger partial charge on any atom is -0.268 e. The molecule has 1 heterocycles. The van der Waals surface area contributed by atoms with Crippen molar-refractivity contribution < 1.29 is 4.79 Å². The lowest BCUT2D eigenvalue weighted by Gasteiger charge is -2.16. The number of thiocarbonyl (C=S) groups is 1. The van der Waals surface area contributed by atoms with Crippen LogP contribution < -0.4 is 4.90 Å². The Bertz CT molecular complexity index is 786. The van der Waals surface area contributed by atoms with Gasteiger partial charge in [-0.05, 0) is 82.8 Å². The number of hydrogen-bond donors (Lipinski definition) is 0. The SMILES string of the molecule is Cc1ccc(N2C(=O)c3c(Br)c(Br)c(Br)c(Br)c3C2=S)cc1. The number of carbonyl (C=O) groups excluding carboxylic acids is 1. The van der Waals surface area contributed by atoms with E-state index in [1.165, 1.54) is 0 Å². The molecule has 112 valence electrons. The first-order chi connectivity index (χ1) is 10.3. The smallest absolute Gasteiger partial charge is 0.265 e. The van der Waals surface area contributed by atoms with Crippen LogP contribution in [0.2, 0.25) is 0 Å². The number of carbonyl (C=O) groups is 1. The molecular weight excluding hydrogens is 562 g/mol. The Hall–Kier alpha value is -0.0800. The van der Waals surface area contributed by atoms with Crippen molar-refractivity contribution >= 4 is 92.5 Å². The molecule has 0 fully saturated rings. The second kappa shape index (κ2) is 6.09. The van der Waals surface area contributed by atoms with Crippen molar-refractivity contribution in [1.82, 2.24) is 0 Å². The first-order valence-corrected chi connectivity index (χ1v) is 9.74. The summed E-state index contributed by atoms with van der Waals surface area (Å²) < 4.78 is 3.06. The van der Waals surface area contributed by atoms with Gasteiger partial charge in [-0.1, -0.05) is 29.9 Å². The van der Waals surface area contributed by atoms with Gasteiger partial charge in [-0.15, -0.1) is 0 Å². The van der Waals surface area contributed by atoms with Gasteiger partial charge in [0.25, 0.3) is 5.91 Å². The molecule has 1 amide bonds. The number of nitrogens with zero attached hydrogens (tertiary/aromatic N) is 1. The van der Waals surface area contributed by atoms with E-state index in [0.717, 1.165) is 30.2 Å². The third-order valence-corrected chi connectivity index (χ3v) is 8.55. The fourth-order valence-corrected chi connectivity index (χ4v) is 5.28. The zero-order valence-electron chi connectivity index (χ0n) is 11.1. The second-order valence-corrected chi connectivity index (χ2v) is 8.35. The van der Waals surface area contributed by atoms with E-state index in [2.05, 4.69) is 63.7 Å². The zero-order valence-corrected chi connectivity index (χ0v) is 18.2. The fraction of sp³-hybridized carbons (Fsp3) is 0.0667. The van der Waals surface area contributed by atoms with Gasteiger partial charge in [-0.3, -0.25) is 9.69 Å². The first kappa shape index (κ1) is 16.8. The Labute approximate surface area is 166 Å². The molecule has 22 heavy (non-hydrogen) atoms. The fourth-order valence-electron chi connectivity index (χ4n) is 2.28. The van der Waals surface area contributed by atoms with Crippen molar-refractivity contribution in [2.24, 2.45) is 0 Å². The van der Waals surface area contributed by atoms with Crippen molar-refractivity contribution in [2.45, 2.75) is 6.92 Å². The van der Waals surface area contributed by atoms with Crippen molar-refractivity contribution in [3.8, 4) is 0 Å². The molecular formula is C15H7Br4NOS. The van der Waals surface area contributed by atoms with E-state index in [-0.39, 0.29) is 5.91 Å². The topological polar surface area (TPSA) is 20.3 Å². The minimum absolute atomic E-state index is 0.135. The highest BCUT2D eigenvalue weighted by Gasteiger charge is 2.39. The van der Waals surface area contributed by atoms with E-state index in [1.807, 2.05) is 31.2 Å². The van der Waals surface area contributed by atoms with Crippen LogP contribution in [0.4, 0.5) is 5.69 Å². The molecule has 1 aliphatic heterocycles. The van der Waals surface area contributed by atoms with Crippen LogP contribution in [0.5, 0.6) is 0 Å². The van der Waals surface area contributed by atoms with Gasteiger partial charge in [-0.2, -0.15) is 0 Å². The number of halogens is 4. The van der Waals surface area contributed by atoms with Crippen LogP contribution in [-0.2, 0) is 0 Å². The Morgan fingerprint density at radius 2 is 1.36 bits per heavy atom. The number of anilines is 1. The number of rotatable bonds is 1. The highest BCUT2D eigenvalue weighted by atomic mass is 79.9. The predicted molar refractivity (Wildman–Crippen MR) is 107 cm³/mol. The quantitative estimate of drug-likeness (QED) is 0.226. The van der Waals surface area contributed by atoms with Crippen LogP contribution in [0, 0.1) is 6.92 Å². The molecule has 0 bridgehead atoms. The minimum atomic E-state index is -0.135. The molecule has 7 heteroatoms. The van der Waals surface area contributed by atoms with Gasteiger partial charge in [0.15, 0.2) is 0 Å². The van der Waals surface area contributed by atoms with Crippen LogP contribution in [-0.4, -0.2) is 10.9 Å². The lowest BCUT2D eigenvalue weighted by molar-refractivity contribution is 0.101. The Morgan fingerprint density at radius 1 is 0.864 bits per heavy atom. The van der Waals surface area contributed by atoms with Gasteiger partial charge < -0.3 is 0 Å². The number of hydrogen-bond acceptors (Lipinski definition) is 2. The summed E-state index contributed by atoms with van der Waals surface area (Å²) in [6.45, 7) is 2.00. The number of amides is 1. The van der Waals surface area contributed by atoms with Gasteiger partial charge in [0.2, 0.25) is 0 Å². The van der Waals surface area contributed by atoms with E-state index >= 15 is 0 Å². The lowest BCUT2D eigenvalue weighted by atomic mass is 10.1. The van der Waals surface area contributed by atoms with E-state index in [9.17, 15) is 4.79 Å². The maximum Gasteiger partial charge on any atom is 0.265 e. The molecule has 0 aliphatic carbocycles. The average Bonchev–Trinajstić information content (AvgIpc) is 2.75. The average molecular weight is 569 g/mol. The normalized spacial score (nSPS) is 13.8. The Morgan fingerprint density at radius 3 is 1.91 bits per heavy atom. The molecule has 0 N–H and O–H groups in total. The molecule has 0 aromatic heterocycles. The van der Waals surface area contributed by atoms with E-state index in [0.29, 0.717) is 15.0 Å². The van der Waals surface area contributed by atoms with Gasteiger partial charge in [-0.25, -0.2) is 0 Å². The van der Waals surface area contributed by atoms with Crippen molar-refractivity contribution in [2.75, 3.05) is 4.90 Å². The molecule has 1 aliphatic rings. The second-order valence-electron chi connectivity index (χ2n) is 4.79. The number of benzene rings is 2. The van der Waals surface area contributed by atoms with Crippen molar-refractivity contribution in [3.05, 3.63) is 58.8 Å². The van der Waals surface area contributed by atoms with E-state index in [4.69, 9.17) is 12.2 Å². The summed E-state index contributed by atoms with van der Waals surface area (Å²) in [6, 6.07) is 7.73. The third-order valence-electron chi connectivity index (χ3n) is 3.39. The number of aryl methyl sites for hydroxylation is 1. The molecule has 2 nitrogen and oxygen atoms in total. The molecule has 2 aromatic rings. The maximum atomic E-state index is 12.9. The highest BCUT2D eigenvalue weighted by molar-refractivity contribution is 9.15. The Balaban J connectivity index is 2.23. The summed E-state index contributed by atoms with van der Waals surface area (Å²) in [4.78, 5) is 14.9. The molecule has 0 unspecified atom stereocenters. The summed E-state index contributed by atoms with van der Waals surface area (Å²) in [7, 11) is 0. The van der Waals surface area contributed by atoms with Gasteiger partial charge in [0, 0.05) is 23.5 Å². The molecule has 0 saturated carbocycles.